The van der Waals surface area contributed by atoms with Crippen molar-refractivity contribution in [3.8, 4) is 5.75 Å². The molecule has 0 fully saturated rings. The second kappa shape index (κ2) is 5.62. The van der Waals surface area contributed by atoms with Gasteiger partial charge in [0, 0.05) is 22.0 Å². The van der Waals surface area contributed by atoms with Crippen molar-refractivity contribution < 1.29 is 9.84 Å². The SMILES string of the molecule is COc1ccc(Br)c(C(O)Cc2cncs2)c1. The van der Waals surface area contributed by atoms with E-state index < -0.39 is 6.10 Å². The van der Waals surface area contributed by atoms with Crippen LogP contribution in [-0.4, -0.2) is 17.2 Å². The first-order valence-electron chi connectivity index (χ1n) is 5.09. The minimum atomic E-state index is -0.556. The standard InChI is InChI=1S/C12H12BrNO2S/c1-16-8-2-3-11(13)10(4-8)12(15)5-9-6-14-7-17-9/h2-4,6-7,12,15H,5H2,1H3. The van der Waals surface area contributed by atoms with Gasteiger partial charge in [-0.3, -0.25) is 4.98 Å². The van der Waals surface area contributed by atoms with Crippen LogP contribution in [0.3, 0.4) is 0 Å². The monoisotopic (exact) mass is 313 g/mol. The van der Waals surface area contributed by atoms with Gasteiger partial charge in [-0.2, -0.15) is 0 Å². The van der Waals surface area contributed by atoms with Crippen LogP contribution in [0.4, 0.5) is 0 Å². The Morgan fingerprint density at radius 2 is 2.35 bits per heavy atom. The van der Waals surface area contributed by atoms with Gasteiger partial charge >= 0.3 is 0 Å². The van der Waals surface area contributed by atoms with E-state index in [1.54, 1.807) is 30.2 Å². The molecule has 90 valence electrons. The molecule has 1 N–H and O–H groups in total. The zero-order valence-corrected chi connectivity index (χ0v) is 11.7. The molecule has 1 aromatic carbocycles. The van der Waals surface area contributed by atoms with Crippen LogP contribution in [0.1, 0.15) is 16.5 Å². The van der Waals surface area contributed by atoms with E-state index in [1.807, 2.05) is 18.2 Å². The lowest BCUT2D eigenvalue weighted by molar-refractivity contribution is 0.178. The second-order valence-corrected chi connectivity index (χ2v) is 5.40. The highest BCUT2D eigenvalue weighted by Crippen LogP contribution is 2.30. The summed E-state index contributed by atoms with van der Waals surface area (Å²) in [6.07, 6.45) is 1.79. The van der Waals surface area contributed by atoms with Crippen LogP contribution in [0.2, 0.25) is 0 Å². The van der Waals surface area contributed by atoms with Crippen molar-refractivity contribution in [3.63, 3.8) is 0 Å². The number of benzene rings is 1. The predicted molar refractivity (Wildman–Crippen MR) is 71.5 cm³/mol. The lowest BCUT2D eigenvalue weighted by atomic mass is 10.1. The third kappa shape index (κ3) is 3.06. The first-order chi connectivity index (χ1) is 8.20. The average molecular weight is 314 g/mol. The van der Waals surface area contributed by atoms with Crippen LogP contribution >= 0.6 is 27.3 Å². The summed E-state index contributed by atoms with van der Waals surface area (Å²) in [6, 6.07) is 5.58. The van der Waals surface area contributed by atoms with Gasteiger partial charge in [-0.05, 0) is 23.8 Å². The molecule has 0 radical (unpaired) electrons. The van der Waals surface area contributed by atoms with Crippen molar-refractivity contribution in [2.45, 2.75) is 12.5 Å². The molecule has 0 bridgehead atoms. The van der Waals surface area contributed by atoms with E-state index in [2.05, 4.69) is 20.9 Å². The summed E-state index contributed by atoms with van der Waals surface area (Å²) < 4.78 is 6.04. The first kappa shape index (κ1) is 12.5. The molecule has 0 saturated carbocycles. The van der Waals surface area contributed by atoms with Crippen molar-refractivity contribution in [2.75, 3.05) is 7.11 Å². The maximum absolute atomic E-state index is 10.2. The molecule has 0 aliphatic rings. The van der Waals surface area contributed by atoms with Gasteiger partial charge in [0.1, 0.15) is 5.75 Å². The summed E-state index contributed by atoms with van der Waals surface area (Å²) in [5.74, 6) is 0.742. The van der Waals surface area contributed by atoms with E-state index in [1.165, 1.54) is 0 Å². The largest absolute Gasteiger partial charge is 0.497 e. The fourth-order valence-electron chi connectivity index (χ4n) is 1.55. The molecule has 1 aromatic heterocycles. The number of hydrogen-bond donors (Lipinski definition) is 1. The van der Waals surface area contributed by atoms with E-state index in [0.717, 1.165) is 20.7 Å². The Bertz CT molecular complexity index is 487. The molecule has 0 spiro atoms. The number of aromatic nitrogens is 1. The van der Waals surface area contributed by atoms with Crippen LogP contribution in [0.15, 0.2) is 34.4 Å². The number of hydrogen-bond acceptors (Lipinski definition) is 4. The third-order valence-corrected chi connectivity index (χ3v) is 3.96. The smallest absolute Gasteiger partial charge is 0.119 e. The Kier molecular flexibility index (Phi) is 4.15. The average Bonchev–Trinajstić information content (AvgIpc) is 2.82. The van der Waals surface area contributed by atoms with Crippen LogP contribution < -0.4 is 4.74 Å². The fourth-order valence-corrected chi connectivity index (χ4v) is 2.69. The third-order valence-electron chi connectivity index (χ3n) is 2.44. The van der Waals surface area contributed by atoms with E-state index in [0.29, 0.717) is 6.42 Å². The number of methoxy groups -OCH3 is 1. The lowest BCUT2D eigenvalue weighted by Gasteiger charge is -2.13. The molecule has 0 aliphatic carbocycles. The molecule has 5 heteroatoms. The topological polar surface area (TPSA) is 42.4 Å². The molecule has 3 nitrogen and oxygen atoms in total. The normalized spacial score (nSPS) is 12.4. The Labute approximate surface area is 112 Å². The summed E-state index contributed by atoms with van der Waals surface area (Å²) >= 11 is 4.98. The van der Waals surface area contributed by atoms with Crippen LogP contribution in [0, 0.1) is 0 Å². The fraction of sp³-hybridized carbons (Fsp3) is 0.250. The summed E-state index contributed by atoms with van der Waals surface area (Å²) in [4.78, 5) is 5.06. The Hall–Kier alpha value is -0.910. The number of ether oxygens (including phenoxy) is 1. The van der Waals surface area contributed by atoms with Crippen molar-refractivity contribution >= 4 is 27.3 Å². The van der Waals surface area contributed by atoms with Crippen molar-refractivity contribution in [3.05, 3.63) is 44.8 Å². The first-order valence-corrected chi connectivity index (χ1v) is 6.77. The lowest BCUT2D eigenvalue weighted by Crippen LogP contribution is -2.02. The molecular formula is C12H12BrNO2S. The van der Waals surface area contributed by atoms with Crippen molar-refractivity contribution in [1.29, 1.82) is 0 Å². The Morgan fingerprint density at radius 3 is 3.00 bits per heavy atom. The highest BCUT2D eigenvalue weighted by molar-refractivity contribution is 9.10. The van der Waals surface area contributed by atoms with Crippen molar-refractivity contribution in [1.82, 2.24) is 4.98 Å². The number of halogens is 1. The number of thiazole rings is 1. The molecule has 0 aliphatic heterocycles. The molecule has 1 heterocycles. The Balaban J connectivity index is 2.20. The Morgan fingerprint density at radius 1 is 1.53 bits per heavy atom. The van der Waals surface area contributed by atoms with Gasteiger partial charge in [0.05, 0.1) is 18.7 Å². The molecule has 0 amide bonds. The second-order valence-electron chi connectivity index (χ2n) is 3.58. The van der Waals surface area contributed by atoms with Gasteiger partial charge in [-0.1, -0.05) is 15.9 Å². The summed E-state index contributed by atoms with van der Waals surface area (Å²) in [7, 11) is 1.61. The van der Waals surface area contributed by atoms with E-state index >= 15 is 0 Å². The van der Waals surface area contributed by atoms with Crippen LogP contribution in [-0.2, 0) is 6.42 Å². The molecule has 2 aromatic rings. The molecule has 17 heavy (non-hydrogen) atoms. The molecule has 2 rings (SSSR count). The van der Waals surface area contributed by atoms with E-state index in [9.17, 15) is 5.11 Å². The van der Waals surface area contributed by atoms with Gasteiger partial charge < -0.3 is 9.84 Å². The van der Waals surface area contributed by atoms with Gasteiger partial charge in [0.2, 0.25) is 0 Å². The molecule has 1 atom stereocenters. The predicted octanol–water partition coefficient (Wildman–Crippen LogP) is 3.19. The number of aliphatic hydroxyl groups excluding tert-OH is 1. The minimum absolute atomic E-state index is 0.556. The summed E-state index contributed by atoms with van der Waals surface area (Å²) in [6.45, 7) is 0. The van der Waals surface area contributed by atoms with Crippen LogP contribution in [0.25, 0.3) is 0 Å². The molecular weight excluding hydrogens is 302 g/mol. The maximum atomic E-state index is 10.2. The van der Waals surface area contributed by atoms with Gasteiger partial charge in [-0.15, -0.1) is 11.3 Å². The minimum Gasteiger partial charge on any atom is -0.497 e. The van der Waals surface area contributed by atoms with Crippen molar-refractivity contribution in [2.24, 2.45) is 0 Å². The number of aliphatic hydroxyl groups is 1. The van der Waals surface area contributed by atoms with E-state index in [-0.39, 0.29) is 0 Å². The quantitative estimate of drug-likeness (QED) is 0.942. The van der Waals surface area contributed by atoms with Gasteiger partial charge in [0.15, 0.2) is 0 Å². The van der Waals surface area contributed by atoms with E-state index in [4.69, 9.17) is 4.74 Å². The van der Waals surface area contributed by atoms with Crippen LogP contribution in [0.5, 0.6) is 5.75 Å². The molecule has 0 saturated heterocycles. The number of rotatable bonds is 4. The van der Waals surface area contributed by atoms with Gasteiger partial charge in [0.25, 0.3) is 0 Å². The zero-order valence-electron chi connectivity index (χ0n) is 9.26. The highest BCUT2D eigenvalue weighted by Gasteiger charge is 2.14. The zero-order chi connectivity index (χ0) is 12.3. The summed E-state index contributed by atoms with van der Waals surface area (Å²) in [5, 5.41) is 10.2. The molecule has 1 unspecified atom stereocenters. The van der Waals surface area contributed by atoms with Gasteiger partial charge in [-0.25, -0.2) is 0 Å². The summed E-state index contributed by atoms with van der Waals surface area (Å²) in [5.41, 5.74) is 2.60. The maximum Gasteiger partial charge on any atom is 0.119 e. The highest BCUT2D eigenvalue weighted by atomic mass is 79.9. The number of nitrogens with zero attached hydrogens (tertiary/aromatic N) is 1.